The number of allylic oxidation sites excluding steroid dienone is 3. The van der Waals surface area contributed by atoms with Crippen LogP contribution in [0.25, 0.3) is 0 Å². The second-order valence-electron chi connectivity index (χ2n) is 7.92. The summed E-state index contributed by atoms with van der Waals surface area (Å²) in [6.07, 6.45) is 12.4. The molecule has 0 aromatic rings. The lowest BCUT2D eigenvalue weighted by Crippen LogP contribution is -2.36. The van der Waals surface area contributed by atoms with Gasteiger partial charge in [0.05, 0.1) is 11.5 Å². The molecule has 0 radical (unpaired) electrons. The van der Waals surface area contributed by atoms with Gasteiger partial charge in [-0.15, -0.1) is 11.8 Å². The normalized spacial score (nSPS) is 25.5. The van der Waals surface area contributed by atoms with E-state index in [2.05, 4.69) is 31.1 Å². The molecule has 2 amide bonds. The third-order valence-electron chi connectivity index (χ3n) is 4.85. The number of nitrogens with zero attached hydrogens (tertiary/aromatic N) is 1. The quantitative estimate of drug-likeness (QED) is 0.835. The second kappa shape index (κ2) is 7.32. The first kappa shape index (κ1) is 18.2. The first-order valence-electron chi connectivity index (χ1n) is 8.99. The van der Waals surface area contributed by atoms with Gasteiger partial charge in [-0.25, -0.2) is 4.99 Å². The zero-order valence-corrected chi connectivity index (χ0v) is 16.0. The monoisotopic (exact) mass is 358 g/mol. The third kappa shape index (κ3) is 4.51. The van der Waals surface area contributed by atoms with E-state index in [0.29, 0.717) is 16.7 Å². The van der Waals surface area contributed by atoms with Crippen LogP contribution in [0.2, 0.25) is 0 Å². The first-order chi connectivity index (χ1) is 11.8. The molecule has 25 heavy (non-hydrogen) atoms. The van der Waals surface area contributed by atoms with Crippen LogP contribution in [0.15, 0.2) is 40.6 Å². The molecule has 1 N–H and O–H groups in total. The predicted molar refractivity (Wildman–Crippen MR) is 104 cm³/mol. The second-order valence-corrected chi connectivity index (χ2v) is 9.21. The van der Waals surface area contributed by atoms with Crippen molar-refractivity contribution in [1.82, 2.24) is 5.32 Å². The summed E-state index contributed by atoms with van der Waals surface area (Å²) in [5.74, 6) is 0.291. The summed E-state index contributed by atoms with van der Waals surface area (Å²) in [6, 6.07) is 0. The Labute approximate surface area is 153 Å². The number of hydrogen-bond acceptors (Lipinski definition) is 3. The van der Waals surface area contributed by atoms with Gasteiger partial charge in [0.1, 0.15) is 0 Å². The molecule has 5 heteroatoms. The maximum atomic E-state index is 12.1. The van der Waals surface area contributed by atoms with Gasteiger partial charge in [0, 0.05) is 22.9 Å². The van der Waals surface area contributed by atoms with E-state index in [0.717, 1.165) is 11.3 Å². The Hall–Kier alpha value is -1.62. The maximum absolute atomic E-state index is 12.1. The molecule has 0 aromatic carbocycles. The minimum Gasteiger partial charge on any atom is -0.325 e. The van der Waals surface area contributed by atoms with Crippen molar-refractivity contribution in [3.8, 4) is 0 Å². The van der Waals surface area contributed by atoms with E-state index in [1.807, 2.05) is 18.2 Å². The number of thioether (sulfide) groups is 1. The fourth-order valence-electron chi connectivity index (χ4n) is 3.56. The fourth-order valence-corrected chi connectivity index (χ4v) is 4.67. The number of aliphatic imine (C=N–C) groups is 1. The largest absolute Gasteiger partial charge is 0.325 e. The van der Waals surface area contributed by atoms with E-state index in [9.17, 15) is 9.59 Å². The van der Waals surface area contributed by atoms with Crippen molar-refractivity contribution in [2.24, 2.45) is 16.3 Å². The molecule has 1 saturated carbocycles. The highest BCUT2D eigenvalue weighted by Crippen LogP contribution is 2.38. The zero-order valence-electron chi connectivity index (χ0n) is 15.2. The number of nitrogens with one attached hydrogen (secondary N) is 1. The summed E-state index contributed by atoms with van der Waals surface area (Å²) in [7, 11) is 0. The molecule has 1 fully saturated rings. The topological polar surface area (TPSA) is 58.5 Å². The smallest absolute Gasteiger partial charge is 0.256 e. The van der Waals surface area contributed by atoms with Gasteiger partial charge < -0.3 is 5.32 Å². The summed E-state index contributed by atoms with van der Waals surface area (Å²) >= 11 is 1.73. The van der Waals surface area contributed by atoms with E-state index >= 15 is 0 Å². The third-order valence-corrected chi connectivity index (χ3v) is 6.21. The molecule has 0 spiro atoms. The minimum atomic E-state index is -0.106. The highest BCUT2D eigenvalue weighted by atomic mass is 32.2. The van der Waals surface area contributed by atoms with Crippen molar-refractivity contribution in [3.05, 3.63) is 35.6 Å². The molecular formula is C20H26N2O2S. The zero-order chi connectivity index (χ0) is 18.0. The van der Waals surface area contributed by atoms with Gasteiger partial charge in [-0.2, -0.15) is 0 Å². The summed E-state index contributed by atoms with van der Waals surface area (Å²) in [5, 5.41) is 3.51. The van der Waals surface area contributed by atoms with Gasteiger partial charge >= 0.3 is 0 Å². The van der Waals surface area contributed by atoms with Crippen LogP contribution in [0.5, 0.6) is 0 Å². The number of carbonyl (C=O) groups excluding carboxylic acids is 2. The average molecular weight is 359 g/mol. The van der Waals surface area contributed by atoms with E-state index in [1.165, 1.54) is 25.7 Å². The maximum Gasteiger partial charge on any atom is 0.256 e. The molecule has 3 rings (SSSR count). The highest BCUT2D eigenvalue weighted by Gasteiger charge is 2.32. The molecule has 0 saturated heterocycles. The minimum absolute atomic E-state index is 0.0552. The van der Waals surface area contributed by atoms with Crippen LogP contribution in [0.1, 0.15) is 46.5 Å². The molecule has 1 heterocycles. The summed E-state index contributed by atoms with van der Waals surface area (Å²) in [4.78, 5) is 28.4. The van der Waals surface area contributed by atoms with Crippen molar-refractivity contribution in [3.63, 3.8) is 0 Å². The Balaban J connectivity index is 1.69. The Kier molecular flexibility index (Phi) is 5.32. The van der Waals surface area contributed by atoms with Crippen LogP contribution in [0.3, 0.4) is 0 Å². The van der Waals surface area contributed by atoms with E-state index in [1.54, 1.807) is 17.8 Å². The lowest BCUT2D eigenvalue weighted by atomic mass is 9.74. The molecule has 2 aliphatic carbocycles. The predicted octanol–water partition coefficient (Wildman–Crippen LogP) is 3.80. The van der Waals surface area contributed by atoms with Crippen LogP contribution >= 0.6 is 11.8 Å². The van der Waals surface area contributed by atoms with Crippen molar-refractivity contribution >= 4 is 29.3 Å². The summed E-state index contributed by atoms with van der Waals surface area (Å²) in [5.41, 5.74) is 2.43. The van der Waals surface area contributed by atoms with Crippen LogP contribution in [-0.4, -0.2) is 28.5 Å². The Bertz CT molecular complexity index is 689. The average Bonchev–Trinajstić information content (AvgIpc) is 3.04. The Morgan fingerprint density at radius 2 is 2.00 bits per heavy atom. The summed E-state index contributed by atoms with van der Waals surface area (Å²) in [6.45, 7) is 6.32. The Morgan fingerprint density at radius 3 is 2.68 bits per heavy atom. The van der Waals surface area contributed by atoms with Gasteiger partial charge in [-0.1, -0.05) is 39.7 Å². The molecule has 0 bridgehead atoms. The molecule has 1 atom stereocenters. The fraction of sp³-hybridized carbons (Fsp3) is 0.550. The first-order valence-corrected chi connectivity index (χ1v) is 10.0. The number of hydrogen-bond donors (Lipinski definition) is 1. The Morgan fingerprint density at radius 1 is 1.28 bits per heavy atom. The summed E-state index contributed by atoms with van der Waals surface area (Å²) < 4.78 is 0. The van der Waals surface area contributed by atoms with Crippen molar-refractivity contribution in [2.45, 2.75) is 51.7 Å². The lowest BCUT2D eigenvalue weighted by molar-refractivity contribution is -0.116. The lowest BCUT2D eigenvalue weighted by Gasteiger charge is -2.34. The van der Waals surface area contributed by atoms with Crippen LogP contribution in [0.4, 0.5) is 0 Å². The number of rotatable bonds is 3. The molecular weight excluding hydrogens is 332 g/mol. The standard InChI is InChI=1S/C20H26N2O2S/c1-20(2,3)16-11-18(23)22-17-10-13(8-9-15(16)17)21-19(24)12-25-14-6-4-5-7-14/h8-11,14-15H,4-7,12H2,1-3H3,(H,22,23). The molecule has 1 unspecified atom stereocenters. The van der Waals surface area contributed by atoms with Gasteiger partial charge in [0.2, 0.25) is 5.91 Å². The van der Waals surface area contributed by atoms with Crippen molar-refractivity contribution in [2.75, 3.05) is 5.75 Å². The molecule has 4 nitrogen and oxygen atoms in total. The molecule has 0 aromatic heterocycles. The van der Waals surface area contributed by atoms with Gasteiger partial charge in [0.15, 0.2) is 0 Å². The SMILES string of the molecule is CC(C)(C)C1=CC(=O)NC2=CC(=NC(=O)CSC3CCCC3)C=CC21. The van der Waals surface area contributed by atoms with E-state index < -0.39 is 0 Å². The van der Waals surface area contributed by atoms with Crippen LogP contribution < -0.4 is 5.32 Å². The van der Waals surface area contributed by atoms with Crippen LogP contribution in [-0.2, 0) is 9.59 Å². The van der Waals surface area contributed by atoms with Crippen LogP contribution in [0, 0.1) is 11.3 Å². The molecule has 3 aliphatic rings. The number of amides is 2. The van der Waals surface area contributed by atoms with Crippen molar-refractivity contribution in [1.29, 1.82) is 0 Å². The van der Waals surface area contributed by atoms with Gasteiger partial charge in [-0.3, -0.25) is 9.59 Å². The van der Waals surface area contributed by atoms with Crippen molar-refractivity contribution < 1.29 is 9.59 Å². The highest BCUT2D eigenvalue weighted by molar-refractivity contribution is 8.00. The van der Waals surface area contributed by atoms with E-state index in [4.69, 9.17) is 0 Å². The molecule has 1 aliphatic heterocycles. The number of carbonyl (C=O) groups is 2. The van der Waals surface area contributed by atoms with Gasteiger partial charge in [0.25, 0.3) is 5.91 Å². The molecule has 134 valence electrons. The number of fused-ring (bicyclic) bond motifs is 1. The van der Waals surface area contributed by atoms with E-state index in [-0.39, 0.29) is 23.1 Å². The van der Waals surface area contributed by atoms with Gasteiger partial charge in [-0.05, 0) is 36.0 Å².